The average Bonchev–Trinajstić information content (AvgIpc) is 3.61. The van der Waals surface area contributed by atoms with E-state index in [1.165, 1.54) is 31.2 Å². The van der Waals surface area contributed by atoms with E-state index in [2.05, 4.69) is 31.8 Å². The Morgan fingerprint density at radius 2 is 1.94 bits per heavy atom. The van der Waals surface area contributed by atoms with Crippen LogP contribution in [0.4, 0.5) is 5.82 Å². The van der Waals surface area contributed by atoms with Crippen LogP contribution in [0.15, 0.2) is 53.4 Å². The van der Waals surface area contributed by atoms with Crippen molar-refractivity contribution in [1.29, 1.82) is 0 Å². The maximum atomic E-state index is 12.9. The highest BCUT2D eigenvalue weighted by Crippen LogP contribution is 2.29. The zero-order valence-electron chi connectivity index (χ0n) is 21.3. The summed E-state index contributed by atoms with van der Waals surface area (Å²) in [7, 11) is 0. The minimum absolute atomic E-state index is 0.191. The van der Waals surface area contributed by atoms with Crippen LogP contribution in [0.25, 0.3) is 16.9 Å². The molecule has 5 rings (SSSR count). The Labute approximate surface area is 211 Å². The highest BCUT2D eigenvalue weighted by molar-refractivity contribution is 6.04. The van der Waals surface area contributed by atoms with E-state index in [0.717, 1.165) is 34.8 Å². The van der Waals surface area contributed by atoms with Crippen molar-refractivity contribution in [3.05, 3.63) is 71.4 Å². The van der Waals surface area contributed by atoms with Gasteiger partial charge in [-0.2, -0.15) is 0 Å². The van der Waals surface area contributed by atoms with Crippen molar-refractivity contribution in [3.63, 3.8) is 0 Å². The van der Waals surface area contributed by atoms with Gasteiger partial charge in [-0.15, -0.1) is 5.10 Å². The number of aromatic nitrogens is 5. The second-order valence-electron chi connectivity index (χ2n) is 10.8. The number of amides is 1. The maximum Gasteiger partial charge on any atom is 0.256 e. The van der Waals surface area contributed by atoms with Crippen LogP contribution in [0.1, 0.15) is 73.7 Å². The third kappa shape index (κ3) is 5.22. The molecular weight excluding hydrogens is 452 g/mol. The van der Waals surface area contributed by atoms with E-state index in [0.29, 0.717) is 17.1 Å². The van der Waals surface area contributed by atoms with Gasteiger partial charge in [0.25, 0.3) is 5.91 Å². The molecule has 1 aliphatic carbocycles. The highest BCUT2D eigenvalue weighted by Gasteiger charge is 2.21. The van der Waals surface area contributed by atoms with Crippen LogP contribution in [-0.4, -0.2) is 31.0 Å². The van der Waals surface area contributed by atoms with Crippen LogP contribution < -0.4 is 5.32 Å². The molecule has 4 aromatic rings. The molecular formula is C28H32N6O2. The molecule has 0 spiro atoms. The first-order chi connectivity index (χ1) is 17.3. The monoisotopic (exact) mass is 484 g/mol. The molecule has 0 radical (unpaired) electrons. The van der Waals surface area contributed by atoms with Crippen LogP contribution in [0.3, 0.4) is 0 Å². The molecule has 36 heavy (non-hydrogen) atoms. The van der Waals surface area contributed by atoms with E-state index in [9.17, 15) is 4.79 Å². The fourth-order valence-electron chi connectivity index (χ4n) is 4.67. The standard InChI is InChI=1S/C28H32N6O2/c1-18-9-10-21(27(35)30-26-14-25(36-32-26)28(2,3)4)13-24(18)34-17-23(31-33-34)22-12-20(15-29-16-22)11-19-7-5-6-8-19/h9-10,12-17,19H,5-8,11H2,1-4H3,(H,30,32,35). The lowest BCUT2D eigenvalue weighted by molar-refractivity contribution is 0.102. The first kappa shape index (κ1) is 23.9. The van der Waals surface area contributed by atoms with Crippen molar-refractivity contribution in [2.45, 2.75) is 65.2 Å². The fourth-order valence-corrected chi connectivity index (χ4v) is 4.67. The highest BCUT2D eigenvalue weighted by atomic mass is 16.5. The van der Waals surface area contributed by atoms with Crippen LogP contribution >= 0.6 is 0 Å². The summed E-state index contributed by atoms with van der Waals surface area (Å²) in [6, 6.07) is 9.42. The van der Waals surface area contributed by atoms with Gasteiger partial charge < -0.3 is 9.84 Å². The number of hydrogen-bond acceptors (Lipinski definition) is 6. The summed E-state index contributed by atoms with van der Waals surface area (Å²) in [5, 5.41) is 15.5. The molecule has 1 amide bonds. The number of aryl methyl sites for hydroxylation is 1. The smallest absolute Gasteiger partial charge is 0.256 e. The molecule has 0 atom stereocenters. The summed E-state index contributed by atoms with van der Waals surface area (Å²) in [5.41, 5.74) is 5.01. The van der Waals surface area contributed by atoms with Crippen LogP contribution in [-0.2, 0) is 11.8 Å². The molecule has 186 valence electrons. The van der Waals surface area contributed by atoms with Gasteiger partial charge in [0, 0.05) is 35.0 Å². The van der Waals surface area contributed by atoms with Gasteiger partial charge in [-0.1, -0.05) is 62.9 Å². The summed E-state index contributed by atoms with van der Waals surface area (Å²) in [4.78, 5) is 17.4. The summed E-state index contributed by atoms with van der Waals surface area (Å²) in [6.07, 6.45) is 12.0. The van der Waals surface area contributed by atoms with Crippen molar-refractivity contribution in [1.82, 2.24) is 25.1 Å². The Hall–Kier alpha value is -3.81. The second kappa shape index (κ2) is 9.68. The van der Waals surface area contributed by atoms with Gasteiger partial charge in [-0.3, -0.25) is 9.78 Å². The zero-order chi connectivity index (χ0) is 25.3. The second-order valence-corrected chi connectivity index (χ2v) is 10.8. The van der Waals surface area contributed by atoms with E-state index < -0.39 is 0 Å². The Bertz CT molecular complexity index is 1370. The molecule has 3 aromatic heterocycles. The molecule has 1 saturated carbocycles. The zero-order valence-corrected chi connectivity index (χ0v) is 21.3. The van der Waals surface area contributed by atoms with Gasteiger partial charge >= 0.3 is 0 Å². The molecule has 0 saturated heterocycles. The van der Waals surface area contributed by atoms with Crippen molar-refractivity contribution >= 4 is 11.7 Å². The molecule has 8 nitrogen and oxygen atoms in total. The number of nitrogens with one attached hydrogen (secondary N) is 1. The first-order valence-corrected chi connectivity index (χ1v) is 12.5. The lowest BCUT2D eigenvalue weighted by atomic mass is 9.93. The molecule has 1 N–H and O–H groups in total. The normalized spacial score (nSPS) is 14.3. The van der Waals surface area contributed by atoms with Crippen LogP contribution in [0, 0.1) is 12.8 Å². The third-order valence-electron chi connectivity index (χ3n) is 6.79. The molecule has 8 heteroatoms. The fraction of sp³-hybridized carbons (Fsp3) is 0.393. The number of carbonyl (C=O) groups excluding carboxylic acids is 1. The van der Waals surface area contributed by atoms with Crippen molar-refractivity contribution in [3.8, 4) is 16.9 Å². The maximum absolute atomic E-state index is 12.9. The van der Waals surface area contributed by atoms with E-state index in [4.69, 9.17) is 4.52 Å². The number of rotatable bonds is 6. The third-order valence-corrected chi connectivity index (χ3v) is 6.79. The van der Waals surface area contributed by atoms with Gasteiger partial charge in [0.05, 0.1) is 11.9 Å². The number of pyridine rings is 1. The van der Waals surface area contributed by atoms with Crippen LogP contribution in [0.5, 0.6) is 0 Å². The minimum Gasteiger partial charge on any atom is -0.359 e. The SMILES string of the molecule is Cc1ccc(C(=O)Nc2cc(C(C)(C)C)on2)cc1-n1cc(-c2cncc(CC3CCCC3)c2)nn1. The minimum atomic E-state index is -0.269. The van der Waals surface area contributed by atoms with E-state index in [1.54, 1.807) is 16.8 Å². The van der Waals surface area contributed by atoms with Crippen molar-refractivity contribution in [2.75, 3.05) is 5.32 Å². The van der Waals surface area contributed by atoms with Gasteiger partial charge in [0.2, 0.25) is 0 Å². The lowest BCUT2D eigenvalue weighted by Crippen LogP contribution is -2.13. The van der Waals surface area contributed by atoms with Gasteiger partial charge in [0.15, 0.2) is 5.82 Å². The molecule has 1 aromatic carbocycles. The number of hydrogen-bond donors (Lipinski definition) is 1. The molecule has 0 aliphatic heterocycles. The predicted octanol–water partition coefficient (Wildman–Crippen LogP) is 5.91. The Morgan fingerprint density at radius 1 is 1.14 bits per heavy atom. The molecule has 3 heterocycles. The summed E-state index contributed by atoms with van der Waals surface area (Å²) < 4.78 is 7.08. The molecule has 1 aliphatic rings. The first-order valence-electron chi connectivity index (χ1n) is 12.5. The predicted molar refractivity (Wildman–Crippen MR) is 138 cm³/mol. The summed E-state index contributed by atoms with van der Waals surface area (Å²) in [5.74, 6) is 1.58. The molecule has 0 bridgehead atoms. The molecule has 1 fully saturated rings. The quantitative estimate of drug-likeness (QED) is 0.365. The molecule has 0 unspecified atom stereocenters. The van der Waals surface area contributed by atoms with Gasteiger partial charge in [0.1, 0.15) is 11.5 Å². The Morgan fingerprint density at radius 3 is 2.69 bits per heavy atom. The Kier molecular flexibility index (Phi) is 6.43. The van der Waals surface area contributed by atoms with Gasteiger partial charge in [-0.25, -0.2) is 4.68 Å². The lowest BCUT2D eigenvalue weighted by Gasteiger charge is -2.12. The summed E-state index contributed by atoms with van der Waals surface area (Å²) >= 11 is 0. The topological polar surface area (TPSA) is 98.7 Å². The van der Waals surface area contributed by atoms with Gasteiger partial charge in [-0.05, 0) is 48.6 Å². The van der Waals surface area contributed by atoms with E-state index in [1.807, 2.05) is 58.4 Å². The number of benzene rings is 1. The van der Waals surface area contributed by atoms with Crippen molar-refractivity contribution < 1.29 is 9.32 Å². The van der Waals surface area contributed by atoms with E-state index in [-0.39, 0.29) is 11.3 Å². The largest absolute Gasteiger partial charge is 0.359 e. The number of nitrogens with zero attached hydrogens (tertiary/aromatic N) is 5. The number of anilines is 1. The van der Waals surface area contributed by atoms with E-state index >= 15 is 0 Å². The Balaban J connectivity index is 1.34. The number of carbonyl (C=O) groups is 1. The van der Waals surface area contributed by atoms with Crippen LogP contribution in [0.2, 0.25) is 0 Å². The summed E-state index contributed by atoms with van der Waals surface area (Å²) in [6.45, 7) is 8.06. The van der Waals surface area contributed by atoms with Crippen molar-refractivity contribution in [2.24, 2.45) is 5.92 Å². The average molecular weight is 485 g/mol.